The number of hydrogen-bond donors (Lipinski definition) is 2. The molecule has 1 atom stereocenters. The number of rotatable bonds is 6. The number of sulfonamides is 1. The third kappa shape index (κ3) is 4.83. The van der Waals surface area contributed by atoms with E-state index in [2.05, 4.69) is 15.0 Å². The van der Waals surface area contributed by atoms with Gasteiger partial charge in [0.15, 0.2) is 0 Å². The molecule has 0 aliphatic heterocycles. The van der Waals surface area contributed by atoms with E-state index in [-0.39, 0.29) is 27.3 Å². The van der Waals surface area contributed by atoms with Crippen LogP contribution in [0.15, 0.2) is 29.4 Å². The second-order valence-electron chi connectivity index (χ2n) is 6.08. The average Bonchev–Trinajstić information content (AvgIpc) is 2.89. The van der Waals surface area contributed by atoms with Crippen molar-refractivity contribution in [1.82, 2.24) is 14.3 Å². The van der Waals surface area contributed by atoms with Crippen molar-refractivity contribution in [2.75, 3.05) is 5.32 Å². The van der Waals surface area contributed by atoms with Gasteiger partial charge in [-0.05, 0) is 25.5 Å². The first-order valence-electron chi connectivity index (χ1n) is 8.08. The van der Waals surface area contributed by atoms with E-state index in [9.17, 15) is 26.4 Å². The molecule has 0 aliphatic rings. The highest BCUT2D eigenvalue weighted by atomic mass is 35.5. The SMILES string of the molecule is CCC(C)NS(=O)(=O)c1cn(C)c(C(=O)Nc2ccnc(C(F)(F)F)c2)c1Cl. The largest absolute Gasteiger partial charge is 0.433 e. The number of hydrogen-bond acceptors (Lipinski definition) is 4. The van der Waals surface area contributed by atoms with E-state index in [1.54, 1.807) is 13.8 Å². The summed E-state index contributed by atoms with van der Waals surface area (Å²) in [5, 5.41) is 1.94. The lowest BCUT2D eigenvalue weighted by atomic mass is 10.3. The quantitative estimate of drug-likeness (QED) is 0.722. The number of anilines is 1. The van der Waals surface area contributed by atoms with Crippen molar-refractivity contribution >= 4 is 33.2 Å². The summed E-state index contributed by atoms with van der Waals surface area (Å²) < 4.78 is 66.8. The van der Waals surface area contributed by atoms with Crippen LogP contribution in [-0.2, 0) is 23.2 Å². The summed E-state index contributed by atoms with van der Waals surface area (Å²) >= 11 is 6.11. The van der Waals surface area contributed by atoms with Crippen LogP contribution in [0.2, 0.25) is 5.02 Å². The van der Waals surface area contributed by atoms with Crippen LogP contribution in [0.5, 0.6) is 0 Å². The lowest BCUT2D eigenvalue weighted by Gasteiger charge is -2.11. The standard InChI is InChI=1S/C16H18ClF3N4O3S/c1-4-9(2)23-28(26,27)11-8-24(3)14(13(11)17)15(25)22-10-5-6-21-12(7-10)16(18,19)20/h5-9,23H,4H2,1-3H3,(H,21,22,25). The van der Waals surface area contributed by atoms with Gasteiger partial charge in [-0.1, -0.05) is 18.5 Å². The first-order chi connectivity index (χ1) is 12.9. The summed E-state index contributed by atoms with van der Waals surface area (Å²) in [6, 6.07) is 1.49. The van der Waals surface area contributed by atoms with Crippen LogP contribution in [0.4, 0.5) is 18.9 Å². The molecule has 0 bridgehead atoms. The summed E-state index contributed by atoms with van der Waals surface area (Å²) in [6.07, 6.45) is -2.07. The lowest BCUT2D eigenvalue weighted by molar-refractivity contribution is -0.141. The number of amides is 1. The molecule has 2 N–H and O–H groups in total. The molecule has 0 radical (unpaired) electrons. The van der Waals surface area contributed by atoms with Crippen molar-refractivity contribution in [3.63, 3.8) is 0 Å². The van der Waals surface area contributed by atoms with Crippen LogP contribution in [0.1, 0.15) is 36.5 Å². The highest BCUT2D eigenvalue weighted by molar-refractivity contribution is 7.89. The lowest BCUT2D eigenvalue weighted by Crippen LogP contribution is -2.32. The Bertz CT molecular complexity index is 990. The summed E-state index contributed by atoms with van der Waals surface area (Å²) in [6.45, 7) is 3.46. The van der Waals surface area contributed by atoms with Gasteiger partial charge in [-0.2, -0.15) is 13.2 Å². The first kappa shape index (κ1) is 22.2. The number of nitrogens with one attached hydrogen (secondary N) is 2. The molecule has 2 aromatic rings. The van der Waals surface area contributed by atoms with Crippen LogP contribution in [0, 0.1) is 0 Å². The third-order valence-corrected chi connectivity index (χ3v) is 5.97. The molecule has 0 saturated carbocycles. The predicted molar refractivity (Wildman–Crippen MR) is 97.7 cm³/mol. The molecule has 154 valence electrons. The second-order valence-corrected chi connectivity index (χ2v) is 8.14. The van der Waals surface area contributed by atoms with Gasteiger partial charge in [-0.25, -0.2) is 13.1 Å². The van der Waals surface area contributed by atoms with Gasteiger partial charge in [-0.3, -0.25) is 9.78 Å². The van der Waals surface area contributed by atoms with E-state index in [0.29, 0.717) is 12.5 Å². The Morgan fingerprint density at radius 1 is 1.39 bits per heavy atom. The first-order valence-corrected chi connectivity index (χ1v) is 9.94. The average molecular weight is 439 g/mol. The molecule has 0 saturated heterocycles. The van der Waals surface area contributed by atoms with Crippen molar-refractivity contribution in [2.45, 2.75) is 37.4 Å². The fraction of sp³-hybridized carbons (Fsp3) is 0.375. The molecule has 2 rings (SSSR count). The van der Waals surface area contributed by atoms with Crippen molar-refractivity contribution in [2.24, 2.45) is 7.05 Å². The number of pyridine rings is 1. The van der Waals surface area contributed by atoms with Gasteiger partial charge in [0.25, 0.3) is 5.91 Å². The summed E-state index contributed by atoms with van der Waals surface area (Å²) in [5.74, 6) is -0.864. The molecular weight excluding hydrogens is 421 g/mol. The zero-order valence-corrected chi connectivity index (χ0v) is 16.7. The van der Waals surface area contributed by atoms with Gasteiger partial charge in [0, 0.05) is 31.2 Å². The van der Waals surface area contributed by atoms with E-state index in [4.69, 9.17) is 11.6 Å². The highest BCUT2D eigenvalue weighted by Gasteiger charge is 2.33. The molecule has 0 fully saturated rings. The minimum Gasteiger partial charge on any atom is -0.344 e. The Morgan fingerprint density at radius 2 is 2.04 bits per heavy atom. The molecular formula is C16H18ClF3N4O3S. The number of alkyl halides is 3. The minimum atomic E-state index is -4.67. The second kappa shape index (κ2) is 8.10. The number of halogens is 4. The molecule has 1 amide bonds. The third-order valence-electron chi connectivity index (χ3n) is 3.87. The molecule has 0 spiro atoms. The highest BCUT2D eigenvalue weighted by Crippen LogP contribution is 2.30. The Labute approximate surface area is 165 Å². The maximum atomic E-state index is 12.8. The Balaban J connectivity index is 2.34. The number of nitrogens with zero attached hydrogens (tertiary/aromatic N) is 2. The van der Waals surface area contributed by atoms with Crippen molar-refractivity contribution < 1.29 is 26.4 Å². The van der Waals surface area contributed by atoms with Crippen LogP contribution in [-0.4, -0.2) is 29.9 Å². The van der Waals surface area contributed by atoms with Crippen molar-refractivity contribution in [3.8, 4) is 0 Å². The number of carbonyl (C=O) groups is 1. The van der Waals surface area contributed by atoms with Gasteiger partial charge >= 0.3 is 6.18 Å². The topological polar surface area (TPSA) is 93.1 Å². The summed E-state index contributed by atoms with van der Waals surface area (Å²) in [4.78, 5) is 15.4. The molecule has 7 nitrogen and oxygen atoms in total. The zero-order chi connectivity index (χ0) is 21.3. The van der Waals surface area contributed by atoms with Crippen LogP contribution in [0.25, 0.3) is 0 Å². The van der Waals surface area contributed by atoms with Crippen molar-refractivity contribution in [3.05, 3.63) is 40.9 Å². The predicted octanol–water partition coefficient (Wildman–Crippen LogP) is 3.42. The van der Waals surface area contributed by atoms with Gasteiger partial charge < -0.3 is 9.88 Å². The van der Waals surface area contributed by atoms with Crippen LogP contribution >= 0.6 is 11.6 Å². The maximum absolute atomic E-state index is 12.8. The molecule has 12 heteroatoms. The molecule has 28 heavy (non-hydrogen) atoms. The summed E-state index contributed by atoms with van der Waals surface area (Å²) in [7, 11) is -2.58. The van der Waals surface area contributed by atoms with Crippen LogP contribution < -0.4 is 10.0 Å². The molecule has 2 heterocycles. The number of carbonyl (C=O) groups excluding carboxylic acids is 1. The normalized spacial score (nSPS) is 13.4. The Morgan fingerprint density at radius 3 is 2.61 bits per heavy atom. The van der Waals surface area contributed by atoms with Gasteiger partial charge in [-0.15, -0.1) is 0 Å². The van der Waals surface area contributed by atoms with E-state index in [0.717, 1.165) is 12.4 Å². The monoisotopic (exact) mass is 438 g/mol. The Hall–Kier alpha value is -2.11. The number of aryl methyl sites for hydroxylation is 1. The molecule has 1 unspecified atom stereocenters. The zero-order valence-electron chi connectivity index (χ0n) is 15.1. The van der Waals surface area contributed by atoms with Gasteiger partial charge in [0.05, 0.1) is 5.02 Å². The smallest absolute Gasteiger partial charge is 0.344 e. The van der Waals surface area contributed by atoms with Crippen molar-refractivity contribution in [1.29, 1.82) is 0 Å². The fourth-order valence-electron chi connectivity index (χ4n) is 2.28. The van der Waals surface area contributed by atoms with Gasteiger partial charge in [0.1, 0.15) is 16.3 Å². The van der Waals surface area contributed by atoms with Gasteiger partial charge in [0.2, 0.25) is 10.0 Å². The number of aromatic nitrogens is 2. The molecule has 0 aromatic carbocycles. The molecule has 0 aliphatic carbocycles. The van der Waals surface area contributed by atoms with E-state index in [1.807, 2.05) is 0 Å². The molecule has 2 aromatic heterocycles. The Kier molecular flexibility index (Phi) is 6.41. The minimum absolute atomic E-state index is 0.160. The maximum Gasteiger partial charge on any atom is 0.433 e. The summed E-state index contributed by atoms with van der Waals surface area (Å²) in [5.41, 5.74) is -1.55. The fourth-order valence-corrected chi connectivity index (χ4v) is 4.31. The van der Waals surface area contributed by atoms with E-state index >= 15 is 0 Å². The van der Waals surface area contributed by atoms with E-state index in [1.165, 1.54) is 17.7 Å². The van der Waals surface area contributed by atoms with E-state index < -0.39 is 27.8 Å². The van der Waals surface area contributed by atoms with Crippen LogP contribution in [0.3, 0.4) is 0 Å².